The molecule has 0 spiro atoms. The van der Waals surface area contributed by atoms with Crippen LogP contribution in [-0.4, -0.2) is 3.21 Å². The Balaban J connectivity index is 0.00000224. The number of fused-ring (bicyclic) bond motifs is 8. The van der Waals surface area contributed by atoms with Gasteiger partial charge in [-0.05, 0) is 0 Å². The molecule has 2 aromatic rings. The first-order valence-corrected chi connectivity index (χ1v) is 22.5. The van der Waals surface area contributed by atoms with Crippen LogP contribution in [0.15, 0.2) is 149 Å². The van der Waals surface area contributed by atoms with Crippen LogP contribution in [-0.2, 0) is 21.3 Å². The monoisotopic (exact) mass is 790 g/mol. The van der Waals surface area contributed by atoms with Crippen molar-refractivity contribution in [3.8, 4) is 0 Å². The first-order valence-electron chi connectivity index (χ1n) is 18.6. The summed E-state index contributed by atoms with van der Waals surface area (Å²) in [4.78, 5) is 0. The summed E-state index contributed by atoms with van der Waals surface area (Å²) < 4.78 is 3.93. The van der Waals surface area contributed by atoms with Gasteiger partial charge in [-0.1, -0.05) is 0 Å². The molecular weight excluding hydrogens is 739 g/mol. The molecule has 2 saturated carbocycles. The quantitative estimate of drug-likeness (QED) is 0.343. The number of allylic oxidation sites excluding steroid dienone is 16. The van der Waals surface area contributed by atoms with Crippen molar-refractivity contribution < 1.29 is 46.1 Å². The maximum Gasteiger partial charge on any atom is -1.00 e. The molecule has 0 aliphatic heterocycles. The van der Waals surface area contributed by atoms with Crippen molar-refractivity contribution in [1.82, 2.24) is 0 Å². The third-order valence-electron chi connectivity index (χ3n) is 16.6. The molecule has 2 aromatic carbocycles. The van der Waals surface area contributed by atoms with E-state index >= 15 is 0 Å². The van der Waals surface area contributed by atoms with Gasteiger partial charge in [0.1, 0.15) is 0 Å². The minimum Gasteiger partial charge on any atom is -1.00 e. The maximum atomic E-state index is 2.81. The van der Waals surface area contributed by atoms with Gasteiger partial charge in [-0.25, -0.2) is 0 Å². The summed E-state index contributed by atoms with van der Waals surface area (Å²) in [6.45, 7) is 23.6. The molecule has 2 fully saturated rings. The molecule has 6 aliphatic carbocycles. The van der Waals surface area contributed by atoms with Crippen molar-refractivity contribution in [1.29, 1.82) is 0 Å². The Morgan fingerprint density at radius 3 is 1.75 bits per heavy atom. The number of benzene rings is 2. The summed E-state index contributed by atoms with van der Waals surface area (Å²) in [5, 5.41) is 0. The molecule has 0 N–H and O–H groups in total. The van der Waals surface area contributed by atoms with Gasteiger partial charge in [0.15, 0.2) is 0 Å². The molecule has 9 atom stereocenters. The predicted molar refractivity (Wildman–Crippen MR) is 206 cm³/mol. The first kappa shape index (κ1) is 38.4. The fourth-order valence-electron chi connectivity index (χ4n) is 13.2. The second-order valence-electron chi connectivity index (χ2n) is 17.4. The zero-order valence-electron chi connectivity index (χ0n) is 31.9. The molecule has 0 saturated heterocycles. The number of halogens is 2. The Bertz CT molecular complexity index is 2020. The molecule has 0 aromatic heterocycles. The van der Waals surface area contributed by atoms with Crippen LogP contribution in [0.2, 0.25) is 3.63 Å². The SMILES string of the molecule is CC1=CC=CC2[CH](/[Zr+2]([C]3=CC=CC3)=[C](/c3ccccc3)c3ccc(C)cc3)C3(C)C4(C)C=CC=CC4(C)C4(C)C=CC=CC4(C)C3(C)C12C.[Cl-].[Cl-]. The summed E-state index contributed by atoms with van der Waals surface area (Å²) in [7, 11) is 0. The minimum atomic E-state index is -2.92. The third-order valence-corrected chi connectivity index (χ3v) is 25.8. The van der Waals surface area contributed by atoms with E-state index < -0.39 is 21.3 Å². The van der Waals surface area contributed by atoms with Crippen molar-refractivity contribution in [2.45, 2.75) is 72.4 Å². The van der Waals surface area contributed by atoms with Gasteiger partial charge in [0.2, 0.25) is 0 Å². The first-order chi connectivity index (χ1) is 23.3. The van der Waals surface area contributed by atoms with Crippen molar-refractivity contribution in [3.63, 3.8) is 0 Å². The summed E-state index contributed by atoms with van der Waals surface area (Å²) in [6.07, 6.45) is 36.2. The standard InChI is InChI=1S/C29H37.C14H12.C5H5.2ClH.Zr/c1-21-14-13-15-22-20-27(6)25(4)18-10-9-16-23(25,2)24(3)17-11-12-19-26(24,5)29(27,8)28(21,22)7;1-12-7-9-14(10-8-12)11-13-5-3-2-4-6-13;1-2-4-5-3-1;;;/h9-20,22H,1-8H3;2-10H,1H3;1-3H,4H2;2*1H;/q;;;;;+2/p-2. The van der Waals surface area contributed by atoms with E-state index in [0.717, 1.165) is 6.42 Å². The van der Waals surface area contributed by atoms with E-state index in [-0.39, 0.29) is 62.7 Å². The van der Waals surface area contributed by atoms with Crippen molar-refractivity contribution in [2.24, 2.45) is 43.8 Å². The van der Waals surface area contributed by atoms with Gasteiger partial charge < -0.3 is 24.8 Å². The zero-order chi connectivity index (χ0) is 34.7. The number of rotatable bonds is 4. The summed E-state index contributed by atoms with van der Waals surface area (Å²) >= 11 is -2.92. The molecule has 8 rings (SSSR count). The average Bonchev–Trinajstić information content (AvgIpc) is 3.68. The van der Waals surface area contributed by atoms with Gasteiger partial charge in [-0.3, -0.25) is 0 Å². The van der Waals surface area contributed by atoms with Crippen LogP contribution in [0.4, 0.5) is 0 Å². The van der Waals surface area contributed by atoms with E-state index in [1.165, 1.54) is 16.7 Å². The number of hydrogen-bond acceptors (Lipinski definition) is 0. The molecule has 9 unspecified atom stereocenters. The van der Waals surface area contributed by atoms with Gasteiger partial charge in [0, 0.05) is 0 Å². The Hall–Kier alpha value is -2.31. The van der Waals surface area contributed by atoms with Gasteiger partial charge >= 0.3 is 306 Å². The largest absolute Gasteiger partial charge is 1.00 e. The van der Waals surface area contributed by atoms with Crippen molar-refractivity contribution in [3.05, 3.63) is 165 Å². The summed E-state index contributed by atoms with van der Waals surface area (Å²) in [5.74, 6) is 0.423. The van der Waals surface area contributed by atoms with Crippen LogP contribution in [0.25, 0.3) is 0 Å². The second kappa shape index (κ2) is 12.6. The minimum absolute atomic E-state index is 0. The predicted octanol–water partition coefficient (Wildman–Crippen LogP) is 6.28. The van der Waals surface area contributed by atoms with Crippen LogP contribution in [0, 0.1) is 50.7 Å². The molecular formula is C48H54Cl2Zr. The summed E-state index contributed by atoms with van der Waals surface area (Å²) in [5.41, 5.74) is 5.14. The van der Waals surface area contributed by atoms with Crippen molar-refractivity contribution >= 4 is 3.21 Å². The topological polar surface area (TPSA) is 0 Å². The molecule has 0 amide bonds. The van der Waals surface area contributed by atoms with E-state index in [4.69, 9.17) is 0 Å². The van der Waals surface area contributed by atoms with E-state index in [9.17, 15) is 0 Å². The Morgan fingerprint density at radius 2 is 1.16 bits per heavy atom. The Kier molecular flexibility index (Phi) is 9.52. The van der Waals surface area contributed by atoms with Gasteiger partial charge in [0.25, 0.3) is 0 Å². The zero-order valence-corrected chi connectivity index (χ0v) is 35.9. The Labute approximate surface area is 328 Å². The number of hydrogen-bond donors (Lipinski definition) is 0. The van der Waals surface area contributed by atoms with E-state index in [2.05, 4.69) is 202 Å². The Morgan fingerprint density at radius 1 is 0.608 bits per heavy atom. The van der Waals surface area contributed by atoms with Gasteiger partial charge in [0.05, 0.1) is 0 Å². The van der Waals surface area contributed by atoms with E-state index in [1.807, 2.05) is 0 Å². The molecule has 0 radical (unpaired) electrons. The molecule has 0 bridgehead atoms. The molecule has 264 valence electrons. The fraction of sp³-hybridized carbons (Fsp3) is 0.396. The van der Waals surface area contributed by atoms with Gasteiger partial charge in [-0.15, -0.1) is 0 Å². The maximum absolute atomic E-state index is 2.92. The normalized spacial score (nSPS) is 40.9. The summed E-state index contributed by atoms with van der Waals surface area (Å²) in [6, 6.07) is 21.1. The second-order valence-corrected chi connectivity index (χ2v) is 23.7. The molecule has 3 heteroatoms. The van der Waals surface area contributed by atoms with Gasteiger partial charge in [-0.2, -0.15) is 0 Å². The van der Waals surface area contributed by atoms with Crippen molar-refractivity contribution in [2.75, 3.05) is 0 Å². The van der Waals surface area contributed by atoms with Crippen LogP contribution in [0.5, 0.6) is 0 Å². The van der Waals surface area contributed by atoms with E-state index in [1.54, 1.807) is 12.1 Å². The van der Waals surface area contributed by atoms with E-state index in [0.29, 0.717) is 9.54 Å². The van der Waals surface area contributed by atoms with Crippen LogP contribution >= 0.6 is 0 Å². The van der Waals surface area contributed by atoms with Crippen LogP contribution in [0.3, 0.4) is 0 Å². The van der Waals surface area contributed by atoms with Crippen LogP contribution < -0.4 is 24.8 Å². The molecule has 6 aliphatic rings. The average molecular weight is 793 g/mol. The van der Waals surface area contributed by atoms with Crippen LogP contribution in [0.1, 0.15) is 78.5 Å². The molecule has 51 heavy (non-hydrogen) atoms. The third kappa shape index (κ3) is 4.33. The fourth-order valence-corrected chi connectivity index (χ4v) is 24.4. The molecule has 0 heterocycles. The molecule has 0 nitrogen and oxygen atoms in total. The number of aryl methyl sites for hydroxylation is 1. The smallest absolute Gasteiger partial charge is 1.00 e.